The van der Waals surface area contributed by atoms with Crippen molar-refractivity contribution in [1.29, 1.82) is 0 Å². The number of sulfonamides is 1. The maximum atomic E-state index is 11.8. The Hall–Kier alpha value is -2.64. The lowest BCUT2D eigenvalue weighted by atomic mass is 10.3. The minimum Gasteiger partial charge on any atom is -0.378 e. The Balaban J connectivity index is 1.65. The fourth-order valence-corrected chi connectivity index (χ4v) is 4.03. The van der Waals surface area contributed by atoms with Gasteiger partial charge in [-0.05, 0) is 0 Å². The van der Waals surface area contributed by atoms with Crippen molar-refractivity contribution in [3.63, 3.8) is 0 Å². The molecule has 0 spiro atoms. The monoisotopic (exact) mass is 421 g/mol. The molecule has 2 aliphatic heterocycles. The molecule has 0 unspecified atom stereocenters. The van der Waals surface area contributed by atoms with Crippen molar-refractivity contribution in [2.75, 3.05) is 74.3 Å². The van der Waals surface area contributed by atoms with Gasteiger partial charge in [-0.3, -0.25) is 0 Å². The van der Waals surface area contributed by atoms with Gasteiger partial charge in [-0.25, -0.2) is 18.4 Å². The quantitative estimate of drug-likeness (QED) is 0.637. The number of hydrogen-bond acceptors (Lipinski definition) is 11. The zero-order chi connectivity index (χ0) is 20.4. The number of morpholine rings is 1. The summed E-state index contributed by atoms with van der Waals surface area (Å²) in [6.07, 6.45) is 4.37. The highest BCUT2D eigenvalue weighted by Gasteiger charge is 2.26. The summed E-state index contributed by atoms with van der Waals surface area (Å²) in [7, 11) is -3.21. The van der Waals surface area contributed by atoms with E-state index in [0.29, 0.717) is 75.8 Å². The number of nitrogens with zero attached hydrogens (tertiary/aromatic N) is 8. The first-order valence-electron chi connectivity index (χ1n) is 9.27. The van der Waals surface area contributed by atoms with Crippen LogP contribution >= 0.6 is 0 Å². The summed E-state index contributed by atoms with van der Waals surface area (Å²) in [6, 6.07) is 0. The fraction of sp³-hybridized carbons (Fsp3) is 0.562. The Morgan fingerprint density at radius 3 is 2.00 bits per heavy atom. The predicted octanol–water partition coefficient (Wildman–Crippen LogP) is -1.17. The van der Waals surface area contributed by atoms with Gasteiger partial charge in [-0.2, -0.15) is 19.3 Å². The average molecular weight is 421 g/mol. The average Bonchev–Trinajstić information content (AvgIpc) is 2.74. The normalized spacial score (nSPS) is 18.8. The van der Waals surface area contributed by atoms with Crippen LogP contribution in [0.25, 0.3) is 11.4 Å². The van der Waals surface area contributed by atoms with Crippen molar-refractivity contribution in [3.05, 3.63) is 12.4 Å². The fourth-order valence-electron chi connectivity index (χ4n) is 3.20. The van der Waals surface area contributed by atoms with Gasteiger partial charge >= 0.3 is 0 Å². The Kier molecular flexibility index (Phi) is 5.43. The minimum atomic E-state index is -3.21. The summed E-state index contributed by atoms with van der Waals surface area (Å²) in [4.78, 5) is 25.9. The molecule has 0 aliphatic carbocycles. The van der Waals surface area contributed by atoms with Crippen molar-refractivity contribution in [1.82, 2.24) is 29.2 Å². The molecular formula is C16H23N9O3S. The molecule has 2 aromatic rings. The van der Waals surface area contributed by atoms with Crippen molar-refractivity contribution in [2.45, 2.75) is 0 Å². The molecule has 4 heterocycles. The number of nitrogens with two attached hydrogens (primary N) is 1. The van der Waals surface area contributed by atoms with Gasteiger partial charge in [-0.1, -0.05) is 0 Å². The van der Waals surface area contributed by atoms with E-state index in [1.54, 1.807) is 12.4 Å². The number of aromatic nitrogens is 5. The lowest BCUT2D eigenvalue weighted by molar-refractivity contribution is 0.122. The third-order valence-electron chi connectivity index (χ3n) is 4.83. The molecule has 4 rings (SSSR count). The van der Waals surface area contributed by atoms with Crippen LogP contribution in [0.4, 0.5) is 17.8 Å². The van der Waals surface area contributed by atoms with Gasteiger partial charge in [0.25, 0.3) is 0 Å². The van der Waals surface area contributed by atoms with Gasteiger partial charge in [0.1, 0.15) is 0 Å². The molecule has 2 aliphatic rings. The second kappa shape index (κ2) is 8.00. The summed E-state index contributed by atoms with van der Waals surface area (Å²) in [6.45, 7) is 4.35. The van der Waals surface area contributed by atoms with Crippen molar-refractivity contribution < 1.29 is 13.2 Å². The van der Waals surface area contributed by atoms with Gasteiger partial charge in [0.2, 0.25) is 27.9 Å². The highest BCUT2D eigenvalue weighted by atomic mass is 32.2. The lowest BCUT2D eigenvalue weighted by Gasteiger charge is -2.34. The first-order chi connectivity index (χ1) is 13.9. The van der Waals surface area contributed by atoms with E-state index in [2.05, 4.69) is 24.9 Å². The second-order valence-corrected chi connectivity index (χ2v) is 8.82. The molecular weight excluding hydrogens is 398 g/mol. The van der Waals surface area contributed by atoms with E-state index in [9.17, 15) is 8.42 Å². The lowest BCUT2D eigenvalue weighted by Crippen LogP contribution is -2.49. The summed E-state index contributed by atoms with van der Waals surface area (Å²) in [5.41, 5.74) is 6.22. The zero-order valence-electron chi connectivity index (χ0n) is 16.1. The van der Waals surface area contributed by atoms with Gasteiger partial charge < -0.3 is 20.3 Å². The maximum Gasteiger partial charge on any atom is 0.230 e. The Morgan fingerprint density at radius 2 is 1.45 bits per heavy atom. The van der Waals surface area contributed by atoms with Crippen LogP contribution < -0.4 is 15.5 Å². The molecule has 12 nitrogen and oxygen atoms in total. The summed E-state index contributed by atoms with van der Waals surface area (Å²) in [5.74, 6) is 1.67. The molecule has 2 fully saturated rings. The van der Waals surface area contributed by atoms with E-state index >= 15 is 0 Å². The van der Waals surface area contributed by atoms with E-state index < -0.39 is 10.0 Å². The molecule has 0 saturated carbocycles. The molecule has 13 heteroatoms. The van der Waals surface area contributed by atoms with E-state index in [0.717, 1.165) is 0 Å². The topological polar surface area (TPSA) is 144 Å². The van der Waals surface area contributed by atoms with E-state index in [1.165, 1.54) is 10.6 Å². The summed E-state index contributed by atoms with van der Waals surface area (Å²) < 4.78 is 30.4. The van der Waals surface area contributed by atoms with Crippen LogP contribution in [0.15, 0.2) is 12.4 Å². The molecule has 29 heavy (non-hydrogen) atoms. The Bertz CT molecular complexity index is 956. The van der Waals surface area contributed by atoms with Crippen molar-refractivity contribution in [3.8, 4) is 11.4 Å². The van der Waals surface area contributed by atoms with Crippen molar-refractivity contribution in [2.24, 2.45) is 0 Å². The van der Waals surface area contributed by atoms with Gasteiger partial charge in [0.15, 0.2) is 5.82 Å². The smallest absolute Gasteiger partial charge is 0.230 e. The highest BCUT2D eigenvalue weighted by molar-refractivity contribution is 7.88. The standard InChI is InChI=1S/C16H23N9O3S/c1-29(26,27)25-4-2-23(3-5-25)15-20-13(12-10-18-14(17)19-11-12)21-16(22-15)24-6-8-28-9-7-24/h10-11H,2-9H2,1H3,(H2,17,18,19). The molecule has 2 saturated heterocycles. The molecule has 0 aromatic carbocycles. The maximum absolute atomic E-state index is 11.8. The molecule has 0 amide bonds. The van der Waals surface area contributed by atoms with Crippen LogP contribution in [-0.2, 0) is 14.8 Å². The molecule has 2 N–H and O–H groups in total. The highest BCUT2D eigenvalue weighted by Crippen LogP contribution is 2.22. The molecule has 2 aromatic heterocycles. The zero-order valence-corrected chi connectivity index (χ0v) is 16.9. The van der Waals surface area contributed by atoms with E-state index in [4.69, 9.17) is 10.5 Å². The number of rotatable bonds is 4. The Morgan fingerprint density at radius 1 is 0.897 bits per heavy atom. The summed E-state index contributed by atoms with van der Waals surface area (Å²) >= 11 is 0. The SMILES string of the molecule is CS(=O)(=O)N1CCN(c2nc(-c3cnc(N)nc3)nc(N3CCOCC3)n2)CC1. The van der Waals surface area contributed by atoms with Crippen molar-refractivity contribution >= 4 is 27.9 Å². The van der Waals surface area contributed by atoms with Crippen LogP contribution in [0.3, 0.4) is 0 Å². The molecule has 0 bridgehead atoms. The molecule has 0 radical (unpaired) electrons. The van der Waals surface area contributed by atoms with E-state index in [-0.39, 0.29) is 5.95 Å². The molecule has 0 atom stereocenters. The van der Waals surface area contributed by atoms with Gasteiger partial charge in [-0.15, -0.1) is 0 Å². The second-order valence-electron chi connectivity index (χ2n) is 6.84. The predicted molar refractivity (Wildman–Crippen MR) is 107 cm³/mol. The largest absolute Gasteiger partial charge is 0.378 e. The van der Waals surface area contributed by atoms with Crippen LogP contribution in [-0.4, -0.2) is 96.4 Å². The number of piperazine rings is 1. The summed E-state index contributed by atoms with van der Waals surface area (Å²) in [5, 5.41) is 0. The van der Waals surface area contributed by atoms with Crippen LogP contribution in [0.1, 0.15) is 0 Å². The number of hydrogen-bond donors (Lipinski definition) is 1. The third-order valence-corrected chi connectivity index (χ3v) is 6.13. The van der Waals surface area contributed by atoms with Gasteiger partial charge in [0.05, 0.1) is 25.0 Å². The third kappa shape index (κ3) is 4.52. The first-order valence-corrected chi connectivity index (χ1v) is 11.1. The Labute approximate surface area is 168 Å². The number of anilines is 3. The number of nitrogen functional groups attached to an aromatic ring is 1. The first kappa shape index (κ1) is 19.7. The molecule has 156 valence electrons. The number of ether oxygens (including phenoxy) is 1. The minimum absolute atomic E-state index is 0.174. The van der Waals surface area contributed by atoms with E-state index in [1.807, 2.05) is 9.80 Å². The van der Waals surface area contributed by atoms with Crippen LogP contribution in [0, 0.1) is 0 Å². The van der Waals surface area contributed by atoms with Crippen LogP contribution in [0.2, 0.25) is 0 Å². The van der Waals surface area contributed by atoms with Gasteiger partial charge in [0, 0.05) is 51.7 Å². The van der Waals surface area contributed by atoms with Crippen LogP contribution in [0.5, 0.6) is 0 Å².